The molecule has 1 aliphatic carbocycles. The van der Waals surface area contributed by atoms with E-state index in [1.54, 1.807) is 0 Å². The highest BCUT2D eigenvalue weighted by Crippen LogP contribution is 2.51. The Balaban J connectivity index is 1.95. The Kier molecular flexibility index (Phi) is 5.05. The fourth-order valence-electron chi connectivity index (χ4n) is 4.52. The second-order valence-corrected chi connectivity index (χ2v) is 6.97. The Morgan fingerprint density at radius 2 is 1.83 bits per heavy atom. The SMILES string of the molecule is CCN(CC)CCC1(C2CCCCC2)C(=O)Oc2ccccc21. The smallest absolute Gasteiger partial charge is 0.322 e. The number of carbonyl (C=O) groups excluding carboxylic acids is 1. The summed E-state index contributed by atoms with van der Waals surface area (Å²) in [5.41, 5.74) is 0.726. The lowest BCUT2D eigenvalue weighted by Crippen LogP contribution is -2.45. The number of para-hydroxylation sites is 1. The first-order valence-corrected chi connectivity index (χ1v) is 9.26. The summed E-state index contributed by atoms with van der Waals surface area (Å²) in [7, 11) is 0. The Morgan fingerprint density at radius 1 is 1.13 bits per heavy atom. The Labute approximate surface area is 140 Å². The number of rotatable bonds is 6. The Bertz CT molecular complexity index is 546. The third-order valence-corrected chi connectivity index (χ3v) is 5.95. The quantitative estimate of drug-likeness (QED) is 0.583. The van der Waals surface area contributed by atoms with Crippen LogP contribution in [-0.4, -0.2) is 30.5 Å². The lowest BCUT2D eigenvalue weighted by atomic mass is 9.64. The van der Waals surface area contributed by atoms with Crippen molar-refractivity contribution in [2.75, 3.05) is 19.6 Å². The maximum absolute atomic E-state index is 13.0. The summed E-state index contributed by atoms with van der Waals surface area (Å²) in [5.74, 6) is 1.23. The molecule has 126 valence electrons. The van der Waals surface area contributed by atoms with E-state index in [1.807, 2.05) is 12.1 Å². The van der Waals surface area contributed by atoms with Crippen molar-refractivity contribution < 1.29 is 9.53 Å². The van der Waals surface area contributed by atoms with E-state index in [0.29, 0.717) is 5.92 Å². The Hall–Kier alpha value is -1.35. The Morgan fingerprint density at radius 3 is 2.52 bits per heavy atom. The average Bonchev–Trinajstić information content (AvgIpc) is 2.89. The van der Waals surface area contributed by atoms with E-state index >= 15 is 0 Å². The summed E-state index contributed by atoms with van der Waals surface area (Å²) in [6.45, 7) is 7.42. The van der Waals surface area contributed by atoms with Crippen molar-refractivity contribution in [2.24, 2.45) is 5.92 Å². The molecule has 0 spiro atoms. The molecule has 23 heavy (non-hydrogen) atoms. The van der Waals surface area contributed by atoms with Crippen LogP contribution in [0.2, 0.25) is 0 Å². The van der Waals surface area contributed by atoms with E-state index in [-0.39, 0.29) is 5.97 Å². The largest absolute Gasteiger partial charge is 0.426 e. The van der Waals surface area contributed by atoms with Gasteiger partial charge in [0, 0.05) is 5.56 Å². The fourth-order valence-corrected chi connectivity index (χ4v) is 4.52. The van der Waals surface area contributed by atoms with Crippen molar-refractivity contribution in [3.8, 4) is 5.75 Å². The second-order valence-electron chi connectivity index (χ2n) is 6.97. The first-order chi connectivity index (χ1) is 11.2. The van der Waals surface area contributed by atoms with E-state index < -0.39 is 5.41 Å². The number of benzene rings is 1. The maximum atomic E-state index is 13.0. The van der Waals surface area contributed by atoms with Crippen molar-refractivity contribution in [3.63, 3.8) is 0 Å². The number of ether oxygens (including phenoxy) is 1. The van der Waals surface area contributed by atoms with Gasteiger partial charge in [0.2, 0.25) is 0 Å². The molecule has 1 fully saturated rings. The number of hydrogen-bond acceptors (Lipinski definition) is 3. The number of esters is 1. The summed E-state index contributed by atoms with van der Waals surface area (Å²) in [6.07, 6.45) is 6.98. The lowest BCUT2D eigenvalue weighted by Gasteiger charge is -2.38. The minimum atomic E-state index is -0.417. The van der Waals surface area contributed by atoms with Gasteiger partial charge < -0.3 is 9.64 Å². The molecule has 1 unspecified atom stereocenters. The van der Waals surface area contributed by atoms with E-state index in [9.17, 15) is 4.79 Å². The van der Waals surface area contributed by atoms with E-state index in [2.05, 4.69) is 30.9 Å². The summed E-state index contributed by atoms with van der Waals surface area (Å²) in [6, 6.07) is 8.09. The number of fused-ring (bicyclic) bond motifs is 1. The average molecular weight is 315 g/mol. The minimum Gasteiger partial charge on any atom is -0.426 e. The molecule has 1 saturated carbocycles. The number of carbonyl (C=O) groups is 1. The molecule has 0 amide bonds. The first-order valence-electron chi connectivity index (χ1n) is 9.26. The highest BCUT2D eigenvalue weighted by molar-refractivity contribution is 5.91. The van der Waals surface area contributed by atoms with Crippen LogP contribution >= 0.6 is 0 Å². The van der Waals surface area contributed by atoms with Crippen molar-refractivity contribution >= 4 is 5.97 Å². The third-order valence-electron chi connectivity index (χ3n) is 5.95. The molecule has 1 aromatic rings. The molecule has 0 saturated heterocycles. The van der Waals surface area contributed by atoms with Crippen LogP contribution in [0.5, 0.6) is 5.75 Å². The molecule has 0 aromatic heterocycles. The molecule has 0 radical (unpaired) electrons. The van der Waals surface area contributed by atoms with Crippen molar-refractivity contribution in [3.05, 3.63) is 29.8 Å². The zero-order valence-corrected chi connectivity index (χ0v) is 14.5. The van der Waals surface area contributed by atoms with Crippen LogP contribution in [0.25, 0.3) is 0 Å². The van der Waals surface area contributed by atoms with Crippen molar-refractivity contribution in [1.29, 1.82) is 0 Å². The summed E-state index contributed by atoms with van der Waals surface area (Å²) in [4.78, 5) is 15.4. The van der Waals surface area contributed by atoms with Gasteiger partial charge in [0.25, 0.3) is 0 Å². The van der Waals surface area contributed by atoms with Crippen molar-refractivity contribution in [1.82, 2.24) is 4.90 Å². The van der Waals surface area contributed by atoms with Gasteiger partial charge in [-0.15, -0.1) is 0 Å². The molecule has 1 heterocycles. The van der Waals surface area contributed by atoms with Gasteiger partial charge in [-0.1, -0.05) is 51.3 Å². The van der Waals surface area contributed by atoms with Gasteiger partial charge in [-0.05, 0) is 50.9 Å². The lowest BCUT2D eigenvalue weighted by molar-refractivity contribution is -0.141. The predicted octanol–water partition coefficient (Wildman–Crippen LogP) is 4.16. The monoisotopic (exact) mass is 315 g/mol. The van der Waals surface area contributed by atoms with Gasteiger partial charge in [0.05, 0.1) is 0 Å². The van der Waals surface area contributed by atoms with Crippen molar-refractivity contribution in [2.45, 2.75) is 57.8 Å². The summed E-state index contributed by atoms with van der Waals surface area (Å²) >= 11 is 0. The van der Waals surface area contributed by atoms with E-state index in [4.69, 9.17) is 4.74 Å². The fraction of sp³-hybridized carbons (Fsp3) is 0.650. The van der Waals surface area contributed by atoms with Gasteiger partial charge in [-0.2, -0.15) is 0 Å². The first kappa shape index (κ1) is 16.5. The van der Waals surface area contributed by atoms with Gasteiger partial charge in [-0.25, -0.2) is 0 Å². The van der Waals surface area contributed by atoms with E-state index in [1.165, 1.54) is 19.3 Å². The molecule has 3 rings (SSSR count). The zero-order valence-electron chi connectivity index (χ0n) is 14.5. The summed E-state index contributed by atoms with van der Waals surface area (Å²) < 4.78 is 5.72. The second kappa shape index (κ2) is 7.04. The third kappa shape index (κ3) is 2.91. The molecule has 0 bridgehead atoms. The van der Waals surface area contributed by atoms with Crippen LogP contribution in [-0.2, 0) is 10.2 Å². The summed E-state index contributed by atoms with van der Waals surface area (Å²) in [5, 5.41) is 0. The standard InChI is InChI=1S/C20H29NO2/c1-3-21(4-2)15-14-20(16-10-6-5-7-11-16)17-12-8-9-13-18(17)23-19(20)22/h8-9,12-13,16H,3-7,10-11,14-15H2,1-2H3. The van der Waals surface area contributed by atoms with Crippen LogP contribution in [0.15, 0.2) is 24.3 Å². The van der Waals surface area contributed by atoms with Crippen LogP contribution in [0.3, 0.4) is 0 Å². The molecular weight excluding hydrogens is 286 g/mol. The van der Waals surface area contributed by atoms with E-state index in [0.717, 1.165) is 50.2 Å². The van der Waals surface area contributed by atoms with Crippen LogP contribution in [0, 0.1) is 5.92 Å². The molecule has 3 heteroatoms. The molecule has 3 nitrogen and oxygen atoms in total. The molecule has 1 aromatic carbocycles. The van der Waals surface area contributed by atoms with Crippen LogP contribution < -0.4 is 4.74 Å². The van der Waals surface area contributed by atoms with Gasteiger partial charge in [-0.3, -0.25) is 4.79 Å². The molecule has 2 aliphatic rings. The maximum Gasteiger partial charge on any atom is 0.322 e. The molecule has 0 N–H and O–H groups in total. The van der Waals surface area contributed by atoms with Crippen LogP contribution in [0.4, 0.5) is 0 Å². The topological polar surface area (TPSA) is 29.5 Å². The molecular formula is C20H29NO2. The number of hydrogen-bond donors (Lipinski definition) is 0. The van der Waals surface area contributed by atoms with Gasteiger partial charge in [0.1, 0.15) is 11.2 Å². The normalized spacial score (nSPS) is 24.7. The van der Waals surface area contributed by atoms with Crippen LogP contribution in [0.1, 0.15) is 57.9 Å². The zero-order chi connectivity index (χ0) is 16.3. The number of nitrogens with zero attached hydrogens (tertiary/aromatic N) is 1. The molecule has 1 atom stereocenters. The van der Waals surface area contributed by atoms with Gasteiger partial charge in [0.15, 0.2) is 0 Å². The minimum absolute atomic E-state index is 0.00208. The predicted molar refractivity (Wildman–Crippen MR) is 92.7 cm³/mol. The molecule has 1 aliphatic heterocycles. The highest BCUT2D eigenvalue weighted by atomic mass is 16.5. The van der Waals surface area contributed by atoms with Gasteiger partial charge >= 0.3 is 5.97 Å². The highest BCUT2D eigenvalue weighted by Gasteiger charge is 2.53.